The Morgan fingerprint density at radius 1 is 0.612 bits per heavy atom. The first-order chi connectivity index (χ1) is 23.9. The Balaban J connectivity index is 1.07. The van der Waals surface area contributed by atoms with Crippen LogP contribution in [-0.4, -0.2) is 9.97 Å². The maximum absolute atomic E-state index is 5.27. The van der Waals surface area contributed by atoms with Crippen LogP contribution in [0.4, 0.5) is 0 Å². The van der Waals surface area contributed by atoms with Crippen molar-refractivity contribution in [2.45, 2.75) is 45.4 Å². The van der Waals surface area contributed by atoms with E-state index in [0.717, 1.165) is 39.5 Å². The smallest absolute Gasteiger partial charge is 0.0979 e. The molecule has 0 saturated heterocycles. The molecule has 2 heteroatoms. The predicted octanol–water partition coefficient (Wildman–Crippen LogP) is 12.3. The van der Waals surface area contributed by atoms with Gasteiger partial charge in [-0.2, -0.15) is 0 Å². The van der Waals surface area contributed by atoms with E-state index in [4.69, 9.17) is 9.97 Å². The molecule has 0 aliphatic heterocycles. The van der Waals surface area contributed by atoms with Gasteiger partial charge >= 0.3 is 0 Å². The molecule has 0 N–H and O–H groups in total. The first-order valence-corrected chi connectivity index (χ1v) is 17.7. The lowest BCUT2D eigenvalue weighted by molar-refractivity contribution is 0.280. The number of fused-ring (bicyclic) bond motifs is 9. The quantitative estimate of drug-likeness (QED) is 0.176. The van der Waals surface area contributed by atoms with Gasteiger partial charge in [0.15, 0.2) is 0 Å². The third-order valence-corrected chi connectivity index (χ3v) is 11.4. The highest BCUT2D eigenvalue weighted by Gasteiger charge is 2.47. The fourth-order valence-corrected chi connectivity index (χ4v) is 9.27. The Kier molecular flexibility index (Phi) is 6.91. The first-order valence-electron chi connectivity index (χ1n) is 17.7. The average molecular weight is 633 g/mol. The molecule has 49 heavy (non-hydrogen) atoms. The Morgan fingerprint density at radius 2 is 1.29 bits per heavy atom. The zero-order chi connectivity index (χ0) is 33.3. The van der Waals surface area contributed by atoms with Crippen LogP contribution in [0.1, 0.15) is 62.3 Å². The van der Waals surface area contributed by atoms with Gasteiger partial charge in [0.05, 0.1) is 22.9 Å². The van der Waals surface area contributed by atoms with Gasteiger partial charge in [0, 0.05) is 27.7 Å². The molecule has 7 aromatic rings. The van der Waals surface area contributed by atoms with E-state index in [1.807, 2.05) is 6.20 Å². The summed E-state index contributed by atoms with van der Waals surface area (Å²) in [5, 5.41) is 4.72. The number of benzene rings is 6. The maximum Gasteiger partial charge on any atom is 0.0979 e. The standard InChI is InChI=1S/C47H40N2/c1-29(2)47(30(3)4)42-22-10-9-19-38(42)39-24-23-34(27-43(39)47)32-14-11-13-31(25-32)33-15-12-16-35(26-33)44-28-48-45-40-20-7-5-17-36(40)37-18-6-8-21-41(37)46(45)49-44/h5-24,26-31H,25H2,1-4H3. The van der Waals surface area contributed by atoms with Crippen molar-refractivity contribution in [1.29, 1.82) is 0 Å². The molecule has 6 aromatic carbocycles. The number of hydrogen-bond acceptors (Lipinski definition) is 2. The van der Waals surface area contributed by atoms with Gasteiger partial charge in [-0.1, -0.05) is 149 Å². The van der Waals surface area contributed by atoms with E-state index in [1.165, 1.54) is 49.7 Å². The predicted molar refractivity (Wildman–Crippen MR) is 207 cm³/mol. The topological polar surface area (TPSA) is 25.8 Å². The van der Waals surface area contributed by atoms with Crippen LogP contribution in [0.15, 0.2) is 140 Å². The third kappa shape index (κ3) is 4.47. The number of nitrogens with zero attached hydrogens (tertiary/aromatic N) is 2. The van der Waals surface area contributed by atoms with Gasteiger partial charge < -0.3 is 0 Å². The SMILES string of the molecule is CC(C)C1(C(C)C)c2ccccc2-c2ccc(C3=CC=CC(c4cccc(-c5cnc6c7ccccc7c7ccccc7c6n5)c4)C3)cc21. The number of allylic oxidation sites excluding steroid dienone is 4. The highest BCUT2D eigenvalue weighted by Crippen LogP contribution is 2.57. The van der Waals surface area contributed by atoms with E-state index in [9.17, 15) is 0 Å². The van der Waals surface area contributed by atoms with Crippen LogP contribution in [0.3, 0.4) is 0 Å². The van der Waals surface area contributed by atoms with E-state index in [1.54, 1.807) is 0 Å². The molecule has 2 aliphatic rings. The van der Waals surface area contributed by atoms with E-state index < -0.39 is 0 Å². The van der Waals surface area contributed by atoms with Crippen LogP contribution >= 0.6 is 0 Å². The first kappa shape index (κ1) is 29.8. The number of rotatable bonds is 5. The molecule has 1 atom stereocenters. The molecule has 9 rings (SSSR count). The summed E-state index contributed by atoms with van der Waals surface area (Å²) in [4.78, 5) is 10.3. The lowest BCUT2D eigenvalue weighted by Crippen LogP contribution is -2.37. The Bertz CT molecular complexity index is 2450. The van der Waals surface area contributed by atoms with Crippen LogP contribution in [0.5, 0.6) is 0 Å². The summed E-state index contributed by atoms with van der Waals surface area (Å²) >= 11 is 0. The second-order valence-corrected chi connectivity index (χ2v) is 14.5. The number of aromatic nitrogens is 2. The molecule has 1 unspecified atom stereocenters. The van der Waals surface area contributed by atoms with Crippen LogP contribution in [-0.2, 0) is 5.41 Å². The highest BCUT2D eigenvalue weighted by molar-refractivity contribution is 6.23. The van der Waals surface area contributed by atoms with Crippen LogP contribution in [0.2, 0.25) is 0 Å². The Labute approximate surface area is 288 Å². The second kappa shape index (κ2) is 11.4. The molecule has 0 radical (unpaired) electrons. The molecule has 0 saturated carbocycles. The summed E-state index contributed by atoms with van der Waals surface area (Å²) in [6.45, 7) is 9.59. The summed E-state index contributed by atoms with van der Waals surface area (Å²) in [5.74, 6) is 1.25. The minimum atomic E-state index is -0.000754. The van der Waals surface area contributed by atoms with Gasteiger partial charge in [-0.25, -0.2) is 4.98 Å². The summed E-state index contributed by atoms with van der Waals surface area (Å²) < 4.78 is 0. The zero-order valence-corrected chi connectivity index (χ0v) is 28.6. The fraction of sp³-hybridized carbons (Fsp3) is 0.191. The van der Waals surface area contributed by atoms with Gasteiger partial charge in [-0.3, -0.25) is 4.98 Å². The molecule has 0 spiro atoms. The summed E-state index contributed by atoms with van der Waals surface area (Å²) in [6.07, 6.45) is 9.83. The minimum Gasteiger partial charge on any atom is -0.252 e. The van der Waals surface area contributed by atoms with Crippen LogP contribution in [0, 0.1) is 11.8 Å². The lowest BCUT2D eigenvalue weighted by atomic mass is 9.62. The van der Waals surface area contributed by atoms with Crippen LogP contribution in [0.25, 0.3) is 60.5 Å². The normalized spacial score (nSPS) is 16.4. The van der Waals surface area contributed by atoms with E-state index >= 15 is 0 Å². The zero-order valence-electron chi connectivity index (χ0n) is 28.6. The van der Waals surface area contributed by atoms with E-state index in [-0.39, 0.29) is 11.3 Å². The van der Waals surface area contributed by atoms with Crippen molar-refractivity contribution in [3.8, 4) is 22.4 Å². The van der Waals surface area contributed by atoms with E-state index in [2.05, 4.69) is 161 Å². The van der Waals surface area contributed by atoms with E-state index in [0.29, 0.717) is 11.8 Å². The van der Waals surface area contributed by atoms with Crippen molar-refractivity contribution < 1.29 is 0 Å². The maximum atomic E-state index is 5.27. The fourth-order valence-electron chi connectivity index (χ4n) is 9.27. The van der Waals surface area contributed by atoms with Crippen molar-refractivity contribution >= 4 is 38.2 Å². The Hall–Kier alpha value is -5.34. The molecular formula is C47H40N2. The summed E-state index contributed by atoms with van der Waals surface area (Å²) in [6, 6.07) is 42.4. The van der Waals surface area contributed by atoms with Crippen molar-refractivity contribution in [2.75, 3.05) is 0 Å². The van der Waals surface area contributed by atoms with Crippen LogP contribution < -0.4 is 0 Å². The van der Waals surface area contributed by atoms with Crippen molar-refractivity contribution in [2.24, 2.45) is 11.8 Å². The van der Waals surface area contributed by atoms with Gasteiger partial charge in [-0.05, 0) is 80.1 Å². The summed E-state index contributed by atoms with van der Waals surface area (Å²) in [5.41, 5.74) is 13.7. The molecule has 1 heterocycles. The van der Waals surface area contributed by atoms with Gasteiger partial charge in [-0.15, -0.1) is 0 Å². The molecule has 0 fully saturated rings. The van der Waals surface area contributed by atoms with Crippen molar-refractivity contribution in [1.82, 2.24) is 9.97 Å². The number of hydrogen-bond donors (Lipinski definition) is 0. The lowest BCUT2D eigenvalue weighted by Gasteiger charge is -2.40. The Morgan fingerprint density at radius 3 is 2.04 bits per heavy atom. The molecule has 0 bridgehead atoms. The van der Waals surface area contributed by atoms with Gasteiger partial charge in [0.2, 0.25) is 0 Å². The summed E-state index contributed by atoms with van der Waals surface area (Å²) in [7, 11) is 0. The molecule has 2 aliphatic carbocycles. The van der Waals surface area contributed by atoms with Gasteiger partial charge in [0.1, 0.15) is 0 Å². The third-order valence-electron chi connectivity index (χ3n) is 11.4. The molecule has 238 valence electrons. The highest BCUT2D eigenvalue weighted by atomic mass is 14.8. The largest absolute Gasteiger partial charge is 0.252 e. The molecular weight excluding hydrogens is 593 g/mol. The monoisotopic (exact) mass is 632 g/mol. The van der Waals surface area contributed by atoms with Gasteiger partial charge in [0.25, 0.3) is 0 Å². The molecule has 1 aromatic heterocycles. The second-order valence-electron chi connectivity index (χ2n) is 14.5. The van der Waals surface area contributed by atoms with Crippen molar-refractivity contribution in [3.63, 3.8) is 0 Å². The average Bonchev–Trinajstić information content (AvgIpc) is 3.46. The minimum absolute atomic E-state index is 0.000754. The van der Waals surface area contributed by atoms with Crippen molar-refractivity contribution in [3.05, 3.63) is 162 Å². The molecule has 0 amide bonds. The molecule has 2 nitrogen and oxygen atoms in total.